The lowest BCUT2D eigenvalue weighted by molar-refractivity contribution is 0.274. The average Bonchev–Trinajstić information content (AvgIpc) is 2.85. The molecule has 0 saturated heterocycles. The van der Waals surface area contributed by atoms with Gasteiger partial charge in [-0.05, 0) is 30.3 Å². The van der Waals surface area contributed by atoms with Crippen LogP contribution in [-0.2, 0) is 6.61 Å². The highest BCUT2D eigenvalue weighted by Gasteiger charge is 2.12. The third-order valence-corrected chi connectivity index (χ3v) is 3.13. The average molecular weight is 254 g/mol. The molecule has 0 atom stereocenters. The zero-order valence-corrected chi connectivity index (χ0v) is 10.6. The SMILES string of the molecule is COc1ccc2nn(-c3ccccc3)c(CO)c2c1. The molecule has 0 spiro atoms. The van der Waals surface area contributed by atoms with Crippen molar-refractivity contribution in [2.24, 2.45) is 0 Å². The maximum atomic E-state index is 9.63. The van der Waals surface area contributed by atoms with E-state index in [2.05, 4.69) is 5.10 Å². The molecular weight excluding hydrogens is 240 g/mol. The highest BCUT2D eigenvalue weighted by Crippen LogP contribution is 2.25. The summed E-state index contributed by atoms with van der Waals surface area (Å²) in [4.78, 5) is 0. The van der Waals surface area contributed by atoms with Gasteiger partial charge in [0.2, 0.25) is 0 Å². The van der Waals surface area contributed by atoms with Gasteiger partial charge in [0.05, 0.1) is 30.6 Å². The Kier molecular flexibility index (Phi) is 2.93. The molecule has 2 aromatic carbocycles. The van der Waals surface area contributed by atoms with Crippen molar-refractivity contribution in [2.75, 3.05) is 7.11 Å². The summed E-state index contributed by atoms with van der Waals surface area (Å²) in [6.45, 7) is -0.0709. The lowest BCUT2D eigenvalue weighted by Crippen LogP contribution is -2.01. The molecule has 0 aliphatic rings. The predicted octanol–water partition coefficient (Wildman–Crippen LogP) is 2.53. The molecule has 0 unspecified atom stereocenters. The van der Waals surface area contributed by atoms with Crippen LogP contribution in [0.1, 0.15) is 5.69 Å². The molecule has 4 heteroatoms. The number of aliphatic hydroxyl groups is 1. The Labute approximate surface area is 110 Å². The lowest BCUT2D eigenvalue weighted by Gasteiger charge is -2.05. The number of hydrogen-bond acceptors (Lipinski definition) is 3. The molecule has 0 bridgehead atoms. The van der Waals surface area contributed by atoms with E-state index in [9.17, 15) is 5.11 Å². The molecule has 0 aliphatic heterocycles. The van der Waals surface area contributed by atoms with Gasteiger partial charge in [-0.2, -0.15) is 5.10 Å². The van der Waals surface area contributed by atoms with Crippen LogP contribution in [0.2, 0.25) is 0 Å². The van der Waals surface area contributed by atoms with Gasteiger partial charge in [0.1, 0.15) is 5.75 Å². The van der Waals surface area contributed by atoms with Crippen LogP contribution >= 0.6 is 0 Å². The predicted molar refractivity (Wildman–Crippen MR) is 73.5 cm³/mol. The lowest BCUT2D eigenvalue weighted by atomic mass is 10.2. The van der Waals surface area contributed by atoms with E-state index < -0.39 is 0 Å². The summed E-state index contributed by atoms with van der Waals surface area (Å²) in [5, 5.41) is 15.1. The zero-order valence-electron chi connectivity index (χ0n) is 10.6. The second kappa shape index (κ2) is 4.74. The normalized spacial score (nSPS) is 10.8. The third-order valence-electron chi connectivity index (χ3n) is 3.13. The third kappa shape index (κ3) is 1.96. The number of aliphatic hydroxyl groups excluding tert-OH is 1. The number of methoxy groups -OCH3 is 1. The maximum absolute atomic E-state index is 9.63. The quantitative estimate of drug-likeness (QED) is 0.781. The van der Waals surface area contributed by atoms with E-state index in [1.165, 1.54) is 0 Å². The van der Waals surface area contributed by atoms with Gasteiger partial charge in [-0.1, -0.05) is 18.2 Å². The first-order valence-corrected chi connectivity index (χ1v) is 6.05. The Morgan fingerprint density at radius 3 is 2.63 bits per heavy atom. The first-order valence-electron chi connectivity index (χ1n) is 6.05. The van der Waals surface area contributed by atoms with Crippen LogP contribution in [-0.4, -0.2) is 22.0 Å². The molecular formula is C15H14N2O2. The Morgan fingerprint density at radius 2 is 1.95 bits per heavy atom. The molecule has 3 aromatic rings. The number of ether oxygens (including phenoxy) is 1. The Balaban J connectivity index is 2.26. The minimum Gasteiger partial charge on any atom is -0.497 e. The molecule has 0 radical (unpaired) electrons. The van der Waals surface area contributed by atoms with E-state index in [1.54, 1.807) is 11.8 Å². The fourth-order valence-corrected chi connectivity index (χ4v) is 2.18. The minimum absolute atomic E-state index is 0.0709. The number of nitrogens with zero attached hydrogens (tertiary/aromatic N) is 2. The Morgan fingerprint density at radius 1 is 1.16 bits per heavy atom. The fourth-order valence-electron chi connectivity index (χ4n) is 2.18. The van der Waals surface area contributed by atoms with E-state index in [0.717, 1.165) is 28.0 Å². The topological polar surface area (TPSA) is 47.3 Å². The number of benzene rings is 2. The highest BCUT2D eigenvalue weighted by molar-refractivity contribution is 5.83. The Bertz CT molecular complexity index is 705. The molecule has 19 heavy (non-hydrogen) atoms. The monoisotopic (exact) mass is 254 g/mol. The molecule has 0 saturated carbocycles. The molecule has 1 heterocycles. The number of para-hydroxylation sites is 1. The number of fused-ring (bicyclic) bond motifs is 1. The van der Waals surface area contributed by atoms with Gasteiger partial charge in [0.15, 0.2) is 0 Å². The van der Waals surface area contributed by atoms with Crippen molar-refractivity contribution in [1.29, 1.82) is 0 Å². The van der Waals surface area contributed by atoms with Crippen molar-refractivity contribution >= 4 is 10.9 Å². The number of hydrogen-bond donors (Lipinski definition) is 1. The van der Waals surface area contributed by atoms with Gasteiger partial charge >= 0.3 is 0 Å². The number of aromatic nitrogens is 2. The molecule has 4 nitrogen and oxygen atoms in total. The summed E-state index contributed by atoms with van der Waals surface area (Å²) in [5.74, 6) is 0.759. The van der Waals surface area contributed by atoms with Crippen LogP contribution in [0.25, 0.3) is 16.6 Å². The first kappa shape index (κ1) is 11.7. The highest BCUT2D eigenvalue weighted by atomic mass is 16.5. The number of rotatable bonds is 3. The fraction of sp³-hybridized carbons (Fsp3) is 0.133. The Hall–Kier alpha value is -2.33. The summed E-state index contributed by atoms with van der Waals surface area (Å²) in [7, 11) is 1.63. The largest absolute Gasteiger partial charge is 0.497 e. The van der Waals surface area contributed by atoms with Crippen molar-refractivity contribution in [3.8, 4) is 11.4 Å². The van der Waals surface area contributed by atoms with Gasteiger partial charge in [-0.3, -0.25) is 0 Å². The van der Waals surface area contributed by atoms with Crippen molar-refractivity contribution in [1.82, 2.24) is 9.78 Å². The zero-order chi connectivity index (χ0) is 13.2. The second-order valence-electron chi connectivity index (χ2n) is 4.24. The van der Waals surface area contributed by atoms with Gasteiger partial charge in [-0.15, -0.1) is 0 Å². The van der Waals surface area contributed by atoms with Gasteiger partial charge < -0.3 is 9.84 Å². The van der Waals surface area contributed by atoms with Gasteiger partial charge in [0.25, 0.3) is 0 Å². The molecule has 3 rings (SSSR count). The summed E-state index contributed by atoms with van der Waals surface area (Å²) in [6, 6.07) is 15.4. The van der Waals surface area contributed by atoms with Crippen LogP contribution < -0.4 is 4.74 Å². The summed E-state index contributed by atoms with van der Waals surface area (Å²) >= 11 is 0. The van der Waals surface area contributed by atoms with E-state index in [-0.39, 0.29) is 6.61 Å². The summed E-state index contributed by atoms with van der Waals surface area (Å²) in [5.41, 5.74) is 2.54. The van der Waals surface area contributed by atoms with Crippen LogP contribution in [0.5, 0.6) is 5.75 Å². The van der Waals surface area contributed by atoms with Crippen molar-refractivity contribution in [3.63, 3.8) is 0 Å². The smallest absolute Gasteiger partial charge is 0.119 e. The van der Waals surface area contributed by atoms with Crippen molar-refractivity contribution in [3.05, 3.63) is 54.2 Å². The van der Waals surface area contributed by atoms with Gasteiger partial charge in [-0.25, -0.2) is 4.68 Å². The van der Waals surface area contributed by atoms with Crippen LogP contribution in [0.15, 0.2) is 48.5 Å². The molecule has 0 amide bonds. The molecule has 0 fully saturated rings. The van der Waals surface area contributed by atoms with E-state index in [4.69, 9.17) is 4.74 Å². The van der Waals surface area contributed by atoms with E-state index in [0.29, 0.717) is 0 Å². The van der Waals surface area contributed by atoms with Crippen LogP contribution in [0.4, 0.5) is 0 Å². The maximum Gasteiger partial charge on any atom is 0.119 e. The standard InChI is InChI=1S/C15H14N2O2/c1-19-12-7-8-14-13(9-12)15(10-18)17(16-14)11-5-3-2-4-6-11/h2-9,18H,10H2,1H3. The molecule has 1 N–H and O–H groups in total. The summed E-state index contributed by atoms with van der Waals surface area (Å²) < 4.78 is 6.99. The van der Waals surface area contributed by atoms with Crippen LogP contribution in [0.3, 0.4) is 0 Å². The molecule has 96 valence electrons. The second-order valence-corrected chi connectivity index (χ2v) is 4.24. The minimum atomic E-state index is -0.0709. The van der Waals surface area contributed by atoms with E-state index in [1.807, 2.05) is 48.5 Å². The van der Waals surface area contributed by atoms with Crippen molar-refractivity contribution in [2.45, 2.75) is 6.61 Å². The van der Waals surface area contributed by atoms with E-state index >= 15 is 0 Å². The first-order chi connectivity index (χ1) is 9.33. The molecule has 1 aromatic heterocycles. The molecule has 0 aliphatic carbocycles. The van der Waals surface area contributed by atoms with Gasteiger partial charge in [0, 0.05) is 5.39 Å². The van der Waals surface area contributed by atoms with Crippen molar-refractivity contribution < 1.29 is 9.84 Å². The van der Waals surface area contributed by atoms with Crippen LogP contribution in [0, 0.1) is 0 Å². The summed E-state index contributed by atoms with van der Waals surface area (Å²) in [6.07, 6.45) is 0.